The monoisotopic (exact) mass is 589 g/mol. The summed E-state index contributed by atoms with van der Waals surface area (Å²) in [7, 11) is -4.29. The lowest BCUT2D eigenvalue weighted by atomic mass is 10.0. The number of nitrogens with one attached hydrogen (secondary N) is 1. The van der Waals surface area contributed by atoms with Gasteiger partial charge in [0.1, 0.15) is 0 Å². The summed E-state index contributed by atoms with van der Waals surface area (Å²) in [6.45, 7) is 4.47. The number of hydrogen-bond donors (Lipinski definition) is 3. The summed E-state index contributed by atoms with van der Waals surface area (Å²) >= 11 is 0. The summed E-state index contributed by atoms with van der Waals surface area (Å²) in [5.41, 5.74) is 0. The minimum absolute atomic E-state index is 0.246. The van der Waals surface area contributed by atoms with E-state index in [1.807, 2.05) is 0 Å². The number of unbranched alkanes of at least 4 members (excludes halogenated alkanes) is 23. The standard InChI is InChI=1S/C33H67NO5S/c1-3-5-7-9-11-13-14-15-16-17-18-19-20-21-23-25-27-29-33(36)34-31(30-40(37,38)39)32(35)28-26-24-22-12-10-8-6-4-2/h31-32,35H,3-30H2,1-2H3,(H,34,36)(H,37,38,39). The summed E-state index contributed by atoms with van der Waals surface area (Å²) in [4.78, 5) is 12.4. The highest BCUT2D eigenvalue weighted by Gasteiger charge is 2.26. The molecule has 0 aromatic rings. The van der Waals surface area contributed by atoms with Gasteiger partial charge < -0.3 is 10.4 Å². The zero-order valence-corrected chi connectivity index (χ0v) is 27.3. The average molecular weight is 590 g/mol. The van der Waals surface area contributed by atoms with Crippen LogP contribution in [0.25, 0.3) is 0 Å². The molecule has 0 bridgehead atoms. The SMILES string of the molecule is CCCCCCCCCCCCCCCCCCCC(=O)NC(CS(=O)(=O)O)C(O)CCCCCCCCCC. The molecular weight excluding hydrogens is 522 g/mol. The van der Waals surface area contributed by atoms with Gasteiger partial charge in [0.2, 0.25) is 5.91 Å². The van der Waals surface area contributed by atoms with Crippen LogP contribution in [0.2, 0.25) is 0 Å². The first-order valence-corrected chi connectivity index (χ1v) is 18.8. The van der Waals surface area contributed by atoms with E-state index in [9.17, 15) is 22.9 Å². The normalized spacial score (nSPS) is 13.4. The van der Waals surface area contributed by atoms with Crippen LogP contribution in [0.15, 0.2) is 0 Å². The van der Waals surface area contributed by atoms with Gasteiger partial charge in [-0.15, -0.1) is 0 Å². The number of hydrogen-bond acceptors (Lipinski definition) is 4. The Morgan fingerprint density at radius 2 is 0.900 bits per heavy atom. The van der Waals surface area contributed by atoms with E-state index in [-0.39, 0.29) is 5.91 Å². The molecule has 6 nitrogen and oxygen atoms in total. The first-order chi connectivity index (χ1) is 19.3. The maximum atomic E-state index is 12.4. The molecule has 0 aliphatic rings. The van der Waals surface area contributed by atoms with E-state index in [4.69, 9.17) is 0 Å². The fraction of sp³-hybridized carbons (Fsp3) is 0.970. The maximum Gasteiger partial charge on any atom is 0.266 e. The van der Waals surface area contributed by atoms with Crippen LogP contribution in [0.1, 0.15) is 187 Å². The van der Waals surface area contributed by atoms with Crippen LogP contribution in [-0.2, 0) is 14.9 Å². The molecule has 0 aromatic heterocycles. The molecule has 0 spiro atoms. The van der Waals surface area contributed by atoms with Crippen LogP contribution >= 0.6 is 0 Å². The molecule has 3 N–H and O–H groups in total. The van der Waals surface area contributed by atoms with Gasteiger partial charge in [-0.2, -0.15) is 8.42 Å². The average Bonchev–Trinajstić information content (AvgIpc) is 2.90. The van der Waals surface area contributed by atoms with Gasteiger partial charge in [-0.05, 0) is 12.8 Å². The highest BCUT2D eigenvalue weighted by Crippen LogP contribution is 2.15. The van der Waals surface area contributed by atoms with Gasteiger partial charge >= 0.3 is 0 Å². The Labute approximate surface area is 249 Å². The summed E-state index contributed by atoms with van der Waals surface area (Å²) in [6, 6.07) is -0.960. The maximum absolute atomic E-state index is 12.4. The van der Waals surface area contributed by atoms with E-state index in [1.165, 1.54) is 122 Å². The predicted molar refractivity (Wildman–Crippen MR) is 170 cm³/mol. The Morgan fingerprint density at radius 1 is 0.575 bits per heavy atom. The third-order valence-electron chi connectivity index (χ3n) is 8.06. The summed E-state index contributed by atoms with van der Waals surface area (Å²) in [5.74, 6) is -0.889. The molecular formula is C33H67NO5S. The van der Waals surface area contributed by atoms with Crippen molar-refractivity contribution in [1.82, 2.24) is 5.32 Å². The van der Waals surface area contributed by atoms with Gasteiger partial charge in [0, 0.05) is 6.42 Å². The zero-order chi connectivity index (χ0) is 29.7. The van der Waals surface area contributed by atoms with E-state index in [0.29, 0.717) is 12.8 Å². The van der Waals surface area contributed by atoms with Crippen molar-refractivity contribution < 1.29 is 22.9 Å². The smallest absolute Gasteiger partial charge is 0.266 e. The van der Waals surface area contributed by atoms with Crippen molar-refractivity contribution in [3.63, 3.8) is 0 Å². The fourth-order valence-corrected chi connectivity index (χ4v) is 6.21. The highest BCUT2D eigenvalue weighted by atomic mass is 32.2. The van der Waals surface area contributed by atoms with Crippen molar-refractivity contribution in [1.29, 1.82) is 0 Å². The van der Waals surface area contributed by atoms with Crippen LogP contribution in [0, 0.1) is 0 Å². The van der Waals surface area contributed by atoms with E-state index >= 15 is 0 Å². The number of aliphatic hydroxyl groups excluding tert-OH is 1. The Bertz CT molecular complexity index is 655. The first-order valence-electron chi connectivity index (χ1n) is 17.2. The Morgan fingerprint density at radius 3 is 1.25 bits per heavy atom. The fourth-order valence-electron chi connectivity index (χ4n) is 5.45. The van der Waals surface area contributed by atoms with Crippen molar-refractivity contribution in [2.75, 3.05) is 5.75 Å². The first kappa shape index (κ1) is 39.3. The van der Waals surface area contributed by atoms with Gasteiger partial charge in [0.15, 0.2) is 0 Å². The van der Waals surface area contributed by atoms with Gasteiger partial charge in [0.25, 0.3) is 10.1 Å². The third kappa shape index (κ3) is 28.9. The molecule has 0 fully saturated rings. The number of aliphatic hydroxyl groups is 1. The van der Waals surface area contributed by atoms with E-state index in [2.05, 4.69) is 19.2 Å². The molecule has 40 heavy (non-hydrogen) atoms. The Hall–Kier alpha value is -0.660. The molecule has 7 heteroatoms. The molecule has 2 unspecified atom stereocenters. The molecule has 0 rings (SSSR count). The topological polar surface area (TPSA) is 104 Å². The van der Waals surface area contributed by atoms with Gasteiger partial charge in [0.05, 0.1) is 17.9 Å². The van der Waals surface area contributed by atoms with Crippen molar-refractivity contribution in [2.24, 2.45) is 0 Å². The number of carbonyl (C=O) groups is 1. The molecule has 0 heterocycles. The Balaban J connectivity index is 3.83. The van der Waals surface area contributed by atoms with Crippen molar-refractivity contribution >= 4 is 16.0 Å². The van der Waals surface area contributed by atoms with E-state index < -0.39 is 28.0 Å². The molecule has 2 atom stereocenters. The molecule has 0 saturated carbocycles. The van der Waals surface area contributed by atoms with Crippen LogP contribution in [0.4, 0.5) is 0 Å². The number of amides is 1. The molecule has 0 aromatic carbocycles. The molecule has 0 radical (unpaired) electrons. The van der Waals surface area contributed by atoms with Gasteiger partial charge in [-0.25, -0.2) is 0 Å². The highest BCUT2D eigenvalue weighted by molar-refractivity contribution is 7.85. The minimum atomic E-state index is -4.29. The van der Waals surface area contributed by atoms with Crippen molar-refractivity contribution in [2.45, 2.75) is 199 Å². The van der Waals surface area contributed by atoms with E-state index in [0.717, 1.165) is 38.5 Å². The second kappa shape index (κ2) is 28.5. The lowest BCUT2D eigenvalue weighted by molar-refractivity contribution is -0.122. The van der Waals surface area contributed by atoms with Gasteiger partial charge in [-0.1, -0.05) is 168 Å². The number of rotatable bonds is 31. The van der Waals surface area contributed by atoms with Crippen molar-refractivity contribution in [3.8, 4) is 0 Å². The molecule has 240 valence electrons. The van der Waals surface area contributed by atoms with Crippen LogP contribution in [-0.4, -0.2) is 41.9 Å². The zero-order valence-electron chi connectivity index (χ0n) is 26.5. The van der Waals surface area contributed by atoms with Crippen LogP contribution in [0.5, 0.6) is 0 Å². The summed E-state index contributed by atoms with van der Waals surface area (Å²) in [5, 5.41) is 13.2. The molecule has 0 saturated heterocycles. The summed E-state index contributed by atoms with van der Waals surface area (Å²) < 4.78 is 32.2. The Kier molecular flexibility index (Phi) is 28.0. The lowest BCUT2D eigenvalue weighted by Gasteiger charge is -2.23. The predicted octanol–water partition coefficient (Wildman–Crippen LogP) is 9.29. The second-order valence-corrected chi connectivity index (χ2v) is 13.7. The summed E-state index contributed by atoms with van der Waals surface area (Å²) in [6.07, 6.45) is 30.6. The van der Waals surface area contributed by atoms with Crippen LogP contribution < -0.4 is 5.32 Å². The van der Waals surface area contributed by atoms with Gasteiger partial charge in [-0.3, -0.25) is 9.35 Å². The second-order valence-electron chi connectivity index (χ2n) is 12.2. The van der Waals surface area contributed by atoms with Crippen LogP contribution in [0.3, 0.4) is 0 Å². The van der Waals surface area contributed by atoms with Crippen molar-refractivity contribution in [3.05, 3.63) is 0 Å². The third-order valence-corrected chi connectivity index (χ3v) is 8.84. The quantitative estimate of drug-likeness (QED) is 0.0552. The lowest BCUT2D eigenvalue weighted by Crippen LogP contribution is -2.47. The van der Waals surface area contributed by atoms with E-state index in [1.54, 1.807) is 0 Å². The molecule has 0 aliphatic carbocycles. The largest absolute Gasteiger partial charge is 0.391 e. The minimum Gasteiger partial charge on any atom is -0.391 e. The molecule has 1 amide bonds. The number of carbonyl (C=O) groups excluding carboxylic acids is 1. The molecule has 0 aliphatic heterocycles.